The molecule has 132 valence electrons. The van der Waals surface area contributed by atoms with Crippen molar-refractivity contribution < 1.29 is 29.9 Å². The van der Waals surface area contributed by atoms with Gasteiger partial charge in [0.2, 0.25) is 0 Å². The van der Waals surface area contributed by atoms with Gasteiger partial charge in [0.1, 0.15) is 40.2 Å². The minimum Gasteiger partial charge on any atom is -0.508 e. The summed E-state index contributed by atoms with van der Waals surface area (Å²) >= 11 is 0. The van der Waals surface area contributed by atoms with Gasteiger partial charge in [0.15, 0.2) is 0 Å². The van der Waals surface area contributed by atoms with Crippen molar-refractivity contribution in [3.8, 4) is 40.2 Å². The van der Waals surface area contributed by atoms with Crippen LogP contribution in [0, 0.1) is 0 Å². The second-order valence-electron chi connectivity index (χ2n) is 6.06. The number of phenols is 4. The summed E-state index contributed by atoms with van der Waals surface area (Å²) in [7, 11) is 1.57. The number of aromatic hydroxyl groups is 4. The Balaban J connectivity index is 2.00. The van der Waals surface area contributed by atoms with Crippen molar-refractivity contribution in [3.63, 3.8) is 0 Å². The Morgan fingerprint density at radius 2 is 1.27 bits per heavy atom. The lowest BCUT2D eigenvalue weighted by Gasteiger charge is -2.30. The molecule has 0 saturated carbocycles. The van der Waals surface area contributed by atoms with E-state index in [4.69, 9.17) is 9.47 Å². The Hall–Kier alpha value is -3.54. The van der Waals surface area contributed by atoms with Gasteiger partial charge in [-0.25, -0.2) is 0 Å². The SMILES string of the molecule is COc1ccc(C2c3c(O)cc(O)cc3Oc3cc(O)cc(O)c32)cc1. The molecule has 1 heterocycles. The summed E-state index contributed by atoms with van der Waals surface area (Å²) in [5.41, 5.74) is 1.61. The lowest BCUT2D eigenvalue weighted by atomic mass is 9.81. The van der Waals surface area contributed by atoms with E-state index in [-0.39, 0.29) is 34.5 Å². The number of methoxy groups -OCH3 is 1. The highest BCUT2D eigenvalue weighted by Crippen LogP contribution is 2.55. The zero-order valence-electron chi connectivity index (χ0n) is 13.8. The summed E-state index contributed by atoms with van der Waals surface area (Å²) in [4.78, 5) is 0. The van der Waals surface area contributed by atoms with Crippen LogP contribution in [0.3, 0.4) is 0 Å². The number of phenolic OH excluding ortho intramolecular Hbond substituents is 4. The molecule has 6 nitrogen and oxygen atoms in total. The molecule has 0 aromatic heterocycles. The minimum atomic E-state index is -0.555. The summed E-state index contributed by atoms with van der Waals surface area (Å²) in [6, 6.07) is 12.4. The average molecular weight is 352 g/mol. The maximum Gasteiger partial charge on any atom is 0.139 e. The van der Waals surface area contributed by atoms with Gasteiger partial charge in [-0.3, -0.25) is 0 Å². The Bertz CT molecular complexity index is 937. The van der Waals surface area contributed by atoms with Crippen molar-refractivity contribution >= 4 is 0 Å². The maximum absolute atomic E-state index is 10.4. The van der Waals surface area contributed by atoms with E-state index in [1.807, 2.05) is 12.1 Å². The smallest absolute Gasteiger partial charge is 0.139 e. The van der Waals surface area contributed by atoms with Crippen molar-refractivity contribution in [2.75, 3.05) is 7.11 Å². The van der Waals surface area contributed by atoms with Crippen LogP contribution in [0.4, 0.5) is 0 Å². The second-order valence-corrected chi connectivity index (χ2v) is 6.06. The average Bonchev–Trinajstić information content (AvgIpc) is 2.59. The molecule has 4 N–H and O–H groups in total. The predicted octanol–water partition coefficient (Wildman–Crippen LogP) is 3.80. The van der Waals surface area contributed by atoms with Crippen molar-refractivity contribution in [1.82, 2.24) is 0 Å². The third-order valence-corrected chi connectivity index (χ3v) is 4.46. The first-order valence-electron chi connectivity index (χ1n) is 7.91. The highest BCUT2D eigenvalue weighted by Gasteiger charge is 2.34. The van der Waals surface area contributed by atoms with Gasteiger partial charge in [-0.15, -0.1) is 0 Å². The molecule has 1 aliphatic heterocycles. The molecule has 0 fully saturated rings. The predicted molar refractivity (Wildman–Crippen MR) is 93.6 cm³/mol. The molecular formula is C20H16O6. The molecule has 1 aliphatic rings. The van der Waals surface area contributed by atoms with Crippen LogP contribution in [0.1, 0.15) is 22.6 Å². The molecule has 0 aliphatic carbocycles. The fourth-order valence-electron chi connectivity index (χ4n) is 3.34. The highest BCUT2D eigenvalue weighted by molar-refractivity contribution is 5.67. The molecule has 0 amide bonds. The number of rotatable bonds is 2. The quantitative estimate of drug-likeness (QED) is 0.438. The molecule has 0 spiro atoms. The third kappa shape index (κ3) is 2.43. The Morgan fingerprint density at radius 1 is 0.769 bits per heavy atom. The minimum absolute atomic E-state index is 0.150. The number of ether oxygens (including phenoxy) is 2. The molecule has 6 heteroatoms. The van der Waals surface area contributed by atoms with Gasteiger partial charge in [-0.05, 0) is 17.7 Å². The van der Waals surface area contributed by atoms with E-state index < -0.39 is 5.92 Å². The van der Waals surface area contributed by atoms with E-state index in [2.05, 4.69) is 0 Å². The van der Waals surface area contributed by atoms with Gasteiger partial charge in [0, 0.05) is 41.3 Å². The maximum atomic E-state index is 10.4. The van der Waals surface area contributed by atoms with E-state index in [0.717, 1.165) is 5.56 Å². The van der Waals surface area contributed by atoms with Gasteiger partial charge >= 0.3 is 0 Å². The van der Waals surface area contributed by atoms with Crippen LogP contribution in [0.15, 0.2) is 48.5 Å². The number of fused-ring (bicyclic) bond motifs is 2. The van der Waals surface area contributed by atoms with Crippen molar-refractivity contribution in [1.29, 1.82) is 0 Å². The fourth-order valence-corrected chi connectivity index (χ4v) is 3.34. The van der Waals surface area contributed by atoms with E-state index in [1.54, 1.807) is 19.2 Å². The Morgan fingerprint density at radius 3 is 1.73 bits per heavy atom. The first kappa shape index (κ1) is 16.0. The normalized spacial score (nSPS) is 12.8. The van der Waals surface area contributed by atoms with Crippen LogP contribution in [0.5, 0.6) is 40.2 Å². The molecular weight excluding hydrogens is 336 g/mol. The number of hydrogen-bond donors (Lipinski definition) is 4. The largest absolute Gasteiger partial charge is 0.508 e. The standard InChI is InChI=1S/C20H16O6/c1-25-13-4-2-10(3-5-13)18-19-14(23)6-11(21)8-16(19)26-17-9-12(22)7-15(24)20(17)18/h2-9,18,21-24H,1H3. The zero-order valence-corrected chi connectivity index (χ0v) is 13.8. The topological polar surface area (TPSA) is 99.4 Å². The molecule has 26 heavy (non-hydrogen) atoms. The monoisotopic (exact) mass is 352 g/mol. The van der Waals surface area contributed by atoms with Crippen molar-refractivity contribution in [2.24, 2.45) is 0 Å². The summed E-state index contributed by atoms with van der Waals surface area (Å²) < 4.78 is 10.9. The molecule has 0 bridgehead atoms. The van der Waals surface area contributed by atoms with Crippen molar-refractivity contribution in [3.05, 3.63) is 65.2 Å². The molecule has 4 rings (SSSR count). The molecule has 0 radical (unpaired) electrons. The highest BCUT2D eigenvalue weighted by atomic mass is 16.5. The zero-order chi connectivity index (χ0) is 18.4. The van der Waals surface area contributed by atoms with Crippen LogP contribution in [0.2, 0.25) is 0 Å². The van der Waals surface area contributed by atoms with Gasteiger partial charge in [0.25, 0.3) is 0 Å². The van der Waals surface area contributed by atoms with E-state index in [0.29, 0.717) is 16.9 Å². The summed E-state index contributed by atoms with van der Waals surface area (Å²) in [5.74, 6) is 0.0107. The van der Waals surface area contributed by atoms with Gasteiger partial charge in [-0.2, -0.15) is 0 Å². The first-order chi connectivity index (χ1) is 12.5. The first-order valence-corrected chi connectivity index (χ1v) is 7.91. The third-order valence-electron chi connectivity index (χ3n) is 4.46. The van der Waals surface area contributed by atoms with Crippen LogP contribution >= 0.6 is 0 Å². The lowest BCUT2D eigenvalue weighted by Crippen LogP contribution is -2.12. The number of hydrogen-bond acceptors (Lipinski definition) is 6. The van der Waals surface area contributed by atoms with Crippen LogP contribution < -0.4 is 9.47 Å². The Labute approximate surface area is 149 Å². The molecule has 3 aromatic carbocycles. The summed E-state index contributed by atoms with van der Waals surface area (Å²) in [5, 5.41) is 40.5. The lowest BCUT2D eigenvalue weighted by molar-refractivity contribution is 0.392. The van der Waals surface area contributed by atoms with Crippen LogP contribution in [-0.2, 0) is 0 Å². The number of benzene rings is 3. The van der Waals surface area contributed by atoms with E-state index >= 15 is 0 Å². The molecule has 3 aromatic rings. The summed E-state index contributed by atoms with van der Waals surface area (Å²) in [6.45, 7) is 0. The molecule has 0 atom stereocenters. The van der Waals surface area contributed by atoms with Crippen LogP contribution in [-0.4, -0.2) is 27.5 Å². The van der Waals surface area contributed by atoms with E-state index in [1.165, 1.54) is 24.3 Å². The van der Waals surface area contributed by atoms with Gasteiger partial charge in [-0.1, -0.05) is 12.1 Å². The van der Waals surface area contributed by atoms with Gasteiger partial charge < -0.3 is 29.9 Å². The summed E-state index contributed by atoms with van der Waals surface area (Å²) in [6.07, 6.45) is 0. The van der Waals surface area contributed by atoms with E-state index in [9.17, 15) is 20.4 Å². The molecule has 0 saturated heterocycles. The fraction of sp³-hybridized carbons (Fsp3) is 0.100. The van der Waals surface area contributed by atoms with Crippen LogP contribution in [0.25, 0.3) is 0 Å². The Kier molecular flexibility index (Phi) is 3.54. The van der Waals surface area contributed by atoms with Crippen molar-refractivity contribution in [2.45, 2.75) is 5.92 Å². The second kappa shape index (κ2) is 5.77. The van der Waals surface area contributed by atoms with Gasteiger partial charge in [0.05, 0.1) is 7.11 Å². The molecule has 0 unspecified atom stereocenters.